The molecule has 4 aromatic rings. The van der Waals surface area contributed by atoms with Crippen LogP contribution in [0.25, 0.3) is 0 Å². The quantitative estimate of drug-likeness (QED) is 0.0961. The topological polar surface area (TPSA) is 153 Å². The van der Waals surface area contributed by atoms with Gasteiger partial charge in [-0.15, -0.1) is 0 Å². The van der Waals surface area contributed by atoms with Crippen molar-refractivity contribution in [3.8, 4) is 5.75 Å². The minimum atomic E-state index is -0.677. The molecule has 1 aromatic heterocycles. The summed E-state index contributed by atoms with van der Waals surface area (Å²) in [5, 5.41) is 17.7. The largest absolute Gasteiger partial charge is 0.459 e. The first kappa shape index (κ1) is 26.0. The molecule has 0 bridgehead atoms. The number of non-ortho nitro benzene ring substituents is 1. The van der Waals surface area contributed by atoms with Crippen molar-refractivity contribution < 1.29 is 28.5 Å². The summed E-state index contributed by atoms with van der Waals surface area (Å²) in [6.45, 7) is 0. The van der Waals surface area contributed by atoms with E-state index in [0.29, 0.717) is 5.69 Å². The van der Waals surface area contributed by atoms with Crippen molar-refractivity contribution in [1.82, 2.24) is 5.43 Å². The molecule has 0 aliphatic carbocycles. The number of nitrogens with one attached hydrogen (secondary N) is 2. The van der Waals surface area contributed by atoms with Gasteiger partial charge in [0.05, 0.1) is 23.0 Å². The highest BCUT2D eigenvalue weighted by atomic mass is 79.9. The van der Waals surface area contributed by atoms with Gasteiger partial charge in [0.2, 0.25) is 0 Å². The Labute approximate surface area is 223 Å². The number of carbonyl (C=O) groups is 3. The zero-order valence-electron chi connectivity index (χ0n) is 19.3. The van der Waals surface area contributed by atoms with E-state index in [1.807, 2.05) is 0 Å². The average molecular weight is 577 g/mol. The number of carbonyl (C=O) groups excluding carboxylic acids is 3. The number of anilines is 1. The maximum absolute atomic E-state index is 12.5. The second-order valence-corrected chi connectivity index (χ2v) is 8.50. The van der Waals surface area contributed by atoms with Gasteiger partial charge in [0.15, 0.2) is 5.76 Å². The summed E-state index contributed by atoms with van der Waals surface area (Å²) >= 11 is 3.28. The maximum atomic E-state index is 12.5. The molecule has 0 aliphatic heterocycles. The van der Waals surface area contributed by atoms with Crippen LogP contribution in [0.2, 0.25) is 0 Å². The van der Waals surface area contributed by atoms with Gasteiger partial charge in [-0.1, -0.05) is 15.9 Å². The van der Waals surface area contributed by atoms with Crippen LogP contribution < -0.4 is 15.5 Å². The lowest BCUT2D eigenvalue weighted by Gasteiger charge is -2.08. The normalized spacial score (nSPS) is 10.7. The summed E-state index contributed by atoms with van der Waals surface area (Å²) in [5.41, 5.74) is 3.10. The van der Waals surface area contributed by atoms with E-state index in [4.69, 9.17) is 9.15 Å². The average Bonchev–Trinajstić information content (AvgIpc) is 3.45. The molecule has 38 heavy (non-hydrogen) atoms. The number of furan rings is 1. The molecule has 11 nitrogen and oxygen atoms in total. The van der Waals surface area contributed by atoms with E-state index in [0.717, 1.165) is 16.8 Å². The third-order valence-electron chi connectivity index (χ3n) is 5.01. The second kappa shape index (κ2) is 11.8. The molecule has 0 radical (unpaired) electrons. The zero-order valence-corrected chi connectivity index (χ0v) is 20.9. The Bertz CT molecular complexity index is 1520. The monoisotopic (exact) mass is 576 g/mol. The molecule has 1 heterocycles. The Morgan fingerprint density at radius 3 is 2.32 bits per heavy atom. The standard InChI is InChI=1S/C26H17BrN4O7/c27-19-7-3-17(4-8-19)26(34)38-22-12-11-21(31(35)36)14-18(22)15-28-30-24(32)16-5-9-20(10-6-16)29-25(33)23-2-1-13-37-23/h1-15H,(H,29,33)(H,30,32)/b28-15+. The Kier molecular flexibility index (Phi) is 8.04. The third-order valence-corrected chi connectivity index (χ3v) is 5.54. The number of ether oxygens (including phenoxy) is 1. The van der Waals surface area contributed by atoms with Crippen molar-refractivity contribution in [2.24, 2.45) is 5.10 Å². The molecule has 0 atom stereocenters. The van der Waals surface area contributed by atoms with Crippen LogP contribution in [-0.2, 0) is 0 Å². The van der Waals surface area contributed by atoms with Crippen molar-refractivity contribution >= 4 is 51.3 Å². The van der Waals surface area contributed by atoms with Gasteiger partial charge in [-0.25, -0.2) is 10.2 Å². The number of nitrogens with zero attached hydrogens (tertiary/aromatic N) is 2. The Hall–Kier alpha value is -5.10. The van der Waals surface area contributed by atoms with Gasteiger partial charge >= 0.3 is 5.97 Å². The van der Waals surface area contributed by atoms with E-state index in [2.05, 4.69) is 31.8 Å². The van der Waals surface area contributed by atoms with Crippen LogP contribution in [0, 0.1) is 10.1 Å². The molecule has 2 N–H and O–H groups in total. The lowest BCUT2D eigenvalue weighted by molar-refractivity contribution is -0.384. The summed E-state index contributed by atoms with van der Waals surface area (Å²) in [4.78, 5) is 47.6. The number of hydrazone groups is 1. The molecule has 190 valence electrons. The van der Waals surface area contributed by atoms with Crippen molar-refractivity contribution in [3.63, 3.8) is 0 Å². The van der Waals surface area contributed by atoms with Crippen LogP contribution in [0.4, 0.5) is 11.4 Å². The number of esters is 1. The first-order chi connectivity index (χ1) is 18.3. The van der Waals surface area contributed by atoms with Crippen LogP contribution in [0.15, 0.2) is 99.1 Å². The number of benzene rings is 3. The fraction of sp³-hybridized carbons (Fsp3) is 0. The highest BCUT2D eigenvalue weighted by Crippen LogP contribution is 2.24. The Morgan fingerprint density at radius 1 is 0.947 bits per heavy atom. The highest BCUT2D eigenvalue weighted by Gasteiger charge is 2.15. The van der Waals surface area contributed by atoms with Gasteiger partial charge in [-0.3, -0.25) is 19.7 Å². The number of hydrogen-bond acceptors (Lipinski definition) is 8. The molecule has 4 rings (SSSR count). The van der Waals surface area contributed by atoms with E-state index in [-0.39, 0.29) is 33.9 Å². The molecule has 0 aliphatic rings. The molecule has 0 fully saturated rings. The fourth-order valence-corrected chi connectivity index (χ4v) is 3.38. The van der Waals surface area contributed by atoms with E-state index in [9.17, 15) is 24.5 Å². The van der Waals surface area contributed by atoms with Crippen LogP contribution in [-0.4, -0.2) is 28.9 Å². The molecule has 12 heteroatoms. The molecular weight excluding hydrogens is 560 g/mol. The molecule has 0 saturated carbocycles. The predicted molar refractivity (Wildman–Crippen MR) is 140 cm³/mol. The summed E-state index contributed by atoms with van der Waals surface area (Å²) in [6.07, 6.45) is 2.51. The number of hydrogen-bond donors (Lipinski definition) is 2. The highest BCUT2D eigenvalue weighted by molar-refractivity contribution is 9.10. The Morgan fingerprint density at radius 2 is 1.66 bits per heavy atom. The zero-order chi connectivity index (χ0) is 27.1. The molecule has 0 spiro atoms. The third kappa shape index (κ3) is 6.56. The van der Waals surface area contributed by atoms with Gasteiger partial charge in [0, 0.05) is 33.4 Å². The van der Waals surface area contributed by atoms with Gasteiger partial charge in [-0.2, -0.15) is 5.10 Å². The van der Waals surface area contributed by atoms with E-state index in [1.54, 1.807) is 30.3 Å². The maximum Gasteiger partial charge on any atom is 0.343 e. The minimum Gasteiger partial charge on any atom is -0.459 e. The van der Waals surface area contributed by atoms with Gasteiger partial charge < -0.3 is 14.5 Å². The predicted octanol–water partition coefficient (Wildman–Crippen LogP) is 5.19. The molecule has 3 aromatic carbocycles. The van der Waals surface area contributed by atoms with Gasteiger partial charge in [0.25, 0.3) is 17.5 Å². The van der Waals surface area contributed by atoms with E-state index >= 15 is 0 Å². The lowest BCUT2D eigenvalue weighted by atomic mass is 10.2. The van der Waals surface area contributed by atoms with E-state index < -0.39 is 22.7 Å². The van der Waals surface area contributed by atoms with Crippen molar-refractivity contribution in [2.45, 2.75) is 0 Å². The number of halogens is 1. The van der Waals surface area contributed by atoms with Gasteiger partial charge in [0.1, 0.15) is 5.75 Å². The first-order valence-corrected chi connectivity index (χ1v) is 11.6. The number of nitro benzene ring substituents is 1. The van der Waals surface area contributed by atoms with Crippen LogP contribution in [0.3, 0.4) is 0 Å². The summed E-state index contributed by atoms with van der Waals surface area (Å²) < 4.78 is 11.2. The first-order valence-electron chi connectivity index (χ1n) is 10.8. The fourth-order valence-electron chi connectivity index (χ4n) is 3.12. The summed E-state index contributed by atoms with van der Waals surface area (Å²) in [7, 11) is 0. The SMILES string of the molecule is O=C(N/N=C/c1cc([N+](=O)[O-])ccc1OC(=O)c1ccc(Br)cc1)c1ccc(NC(=O)c2ccco2)cc1. The second-order valence-electron chi connectivity index (χ2n) is 7.58. The van der Waals surface area contributed by atoms with Crippen molar-refractivity contribution in [2.75, 3.05) is 5.32 Å². The smallest absolute Gasteiger partial charge is 0.343 e. The molecular formula is C26H17BrN4O7. The number of amides is 2. The molecule has 0 saturated heterocycles. The van der Waals surface area contributed by atoms with Crippen LogP contribution in [0.1, 0.15) is 36.8 Å². The Balaban J connectivity index is 1.44. The van der Waals surface area contributed by atoms with Crippen LogP contribution in [0.5, 0.6) is 5.75 Å². The molecule has 2 amide bonds. The van der Waals surface area contributed by atoms with Gasteiger partial charge in [-0.05, 0) is 66.7 Å². The van der Waals surface area contributed by atoms with E-state index in [1.165, 1.54) is 48.7 Å². The van der Waals surface area contributed by atoms with Crippen molar-refractivity contribution in [1.29, 1.82) is 0 Å². The van der Waals surface area contributed by atoms with Crippen molar-refractivity contribution in [3.05, 3.63) is 122 Å². The number of rotatable bonds is 8. The summed E-state index contributed by atoms with van der Waals surface area (Å²) in [5.74, 6) is -1.54. The molecule has 0 unspecified atom stereocenters. The van der Waals surface area contributed by atoms with Crippen LogP contribution >= 0.6 is 15.9 Å². The lowest BCUT2D eigenvalue weighted by Crippen LogP contribution is -2.18. The minimum absolute atomic E-state index is 0.0122. The summed E-state index contributed by atoms with van der Waals surface area (Å²) in [6, 6.07) is 19.2. The number of nitro groups is 1.